The van der Waals surface area contributed by atoms with Crippen LogP contribution in [0.25, 0.3) is 10.9 Å². The molecule has 1 heterocycles. The van der Waals surface area contributed by atoms with Gasteiger partial charge in [-0.25, -0.2) is 13.8 Å². The van der Waals surface area contributed by atoms with Gasteiger partial charge in [0.2, 0.25) is 0 Å². The standard InChI is InChI=1S/C27H32F2N2O/c1-7-18(8-2)30-26(22-16(6)15(5)20(10-4)23(28)24(22)29)21-14-12-17-11-13-19(9-3)31-25(17)27(21)32/h11-14,26,32H,7-10H2,1-6H3. The molecule has 0 bridgehead atoms. The minimum Gasteiger partial charge on any atom is -0.505 e. The molecular formula is C27H32F2N2O. The van der Waals surface area contributed by atoms with Crippen molar-refractivity contribution in [3.8, 4) is 5.75 Å². The third-order valence-corrected chi connectivity index (χ3v) is 6.45. The molecule has 3 rings (SSSR count). The second-order valence-electron chi connectivity index (χ2n) is 8.16. The topological polar surface area (TPSA) is 45.5 Å². The van der Waals surface area contributed by atoms with Gasteiger partial charge in [-0.05, 0) is 62.3 Å². The number of benzene rings is 2. The number of phenols is 1. The van der Waals surface area contributed by atoms with Crippen LogP contribution in [0, 0.1) is 25.5 Å². The van der Waals surface area contributed by atoms with E-state index in [9.17, 15) is 5.11 Å². The van der Waals surface area contributed by atoms with Gasteiger partial charge in [0.05, 0.1) is 0 Å². The van der Waals surface area contributed by atoms with Crippen molar-refractivity contribution in [1.82, 2.24) is 4.98 Å². The number of aliphatic imine (C=N–C) groups is 1. The van der Waals surface area contributed by atoms with E-state index in [4.69, 9.17) is 4.99 Å². The Kier molecular flexibility index (Phi) is 7.27. The summed E-state index contributed by atoms with van der Waals surface area (Å²) < 4.78 is 30.5. The fourth-order valence-corrected chi connectivity index (χ4v) is 4.31. The summed E-state index contributed by atoms with van der Waals surface area (Å²) in [6, 6.07) is 6.59. The van der Waals surface area contributed by atoms with Crippen molar-refractivity contribution in [3.05, 3.63) is 69.4 Å². The minimum absolute atomic E-state index is 0.0328. The molecule has 0 saturated heterocycles. The Bertz CT molecular complexity index is 1150. The summed E-state index contributed by atoms with van der Waals surface area (Å²) in [6.45, 7) is 11.4. The van der Waals surface area contributed by atoms with E-state index >= 15 is 8.78 Å². The predicted octanol–water partition coefficient (Wildman–Crippen LogP) is 7.31. The van der Waals surface area contributed by atoms with Crippen LogP contribution in [0.4, 0.5) is 8.78 Å². The van der Waals surface area contributed by atoms with Gasteiger partial charge in [0.25, 0.3) is 0 Å². The molecule has 3 aromatic rings. The lowest BCUT2D eigenvalue weighted by molar-refractivity contribution is 0.463. The summed E-state index contributed by atoms with van der Waals surface area (Å²) in [5.41, 5.74) is 4.57. The normalized spacial score (nSPS) is 12.2. The van der Waals surface area contributed by atoms with Crippen molar-refractivity contribution in [2.75, 3.05) is 0 Å². The molecule has 1 atom stereocenters. The third kappa shape index (κ3) is 4.13. The first-order valence-corrected chi connectivity index (χ1v) is 11.4. The maximum Gasteiger partial charge on any atom is 0.165 e. The first-order valence-electron chi connectivity index (χ1n) is 11.4. The molecule has 5 heteroatoms. The molecule has 3 nitrogen and oxygen atoms in total. The smallest absolute Gasteiger partial charge is 0.165 e. The fraction of sp³-hybridized carbons (Fsp3) is 0.407. The number of phenolic OH excluding ortho intramolecular Hbond substituents is 1. The van der Waals surface area contributed by atoms with Gasteiger partial charge < -0.3 is 5.11 Å². The highest BCUT2D eigenvalue weighted by Gasteiger charge is 2.29. The molecule has 1 aromatic heterocycles. The molecule has 0 radical (unpaired) electrons. The van der Waals surface area contributed by atoms with Crippen LogP contribution >= 0.6 is 0 Å². The Morgan fingerprint density at radius 3 is 2.19 bits per heavy atom. The molecule has 1 N–H and O–H groups in total. The highest BCUT2D eigenvalue weighted by Crippen LogP contribution is 2.41. The SMILES string of the molecule is CCC(CC)=NC(c1ccc2ccc(CC)nc2c1O)c1c(C)c(C)c(CC)c(F)c1F. The maximum absolute atomic E-state index is 15.5. The number of nitrogens with zero attached hydrogens (tertiary/aromatic N) is 2. The average Bonchev–Trinajstić information content (AvgIpc) is 2.81. The van der Waals surface area contributed by atoms with Crippen LogP contribution in [0.5, 0.6) is 5.75 Å². The third-order valence-electron chi connectivity index (χ3n) is 6.45. The van der Waals surface area contributed by atoms with Crippen molar-refractivity contribution >= 4 is 16.6 Å². The van der Waals surface area contributed by atoms with Crippen LogP contribution in [-0.2, 0) is 12.8 Å². The van der Waals surface area contributed by atoms with E-state index in [0.717, 1.165) is 28.8 Å². The molecule has 0 spiro atoms. The first-order chi connectivity index (χ1) is 15.3. The molecular weight excluding hydrogens is 406 g/mol. The number of aromatic nitrogens is 1. The first kappa shape index (κ1) is 23.8. The van der Waals surface area contributed by atoms with E-state index in [2.05, 4.69) is 4.98 Å². The average molecular weight is 439 g/mol. The van der Waals surface area contributed by atoms with Crippen LogP contribution in [0.3, 0.4) is 0 Å². The van der Waals surface area contributed by atoms with Gasteiger partial charge in [0, 0.05) is 27.9 Å². The van der Waals surface area contributed by atoms with Crippen molar-refractivity contribution in [1.29, 1.82) is 0 Å². The molecule has 32 heavy (non-hydrogen) atoms. The molecule has 0 aliphatic heterocycles. The predicted molar refractivity (Wildman–Crippen MR) is 128 cm³/mol. The number of hydrogen-bond acceptors (Lipinski definition) is 3. The highest BCUT2D eigenvalue weighted by molar-refractivity contribution is 5.87. The van der Waals surface area contributed by atoms with Gasteiger partial charge in [-0.15, -0.1) is 0 Å². The largest absolute Gasteiger partial charge is 0.505 e. The highest BCUT2D eigenvalue weighted by atomic mass is 19.2. The minimum atomic E-state index is -0.889. The van der Waals surface area contributed by atoms with E-state index in [-0.39, 0.29) is 11.3 Å². The van der Waals surface area contributed by atoms with Crippen molar-refractivity contribution < 1.29 is 13.9 Å². The number of rotatable bonds is 7. The lowest BCUT2D eigenvalue weighted by atomic mass is 9.88. The Balaban J connectivity index is 2.38. The zero-order chi connectivity index (χ0) is 23.6. The number of aromatic hydroxyl groups is 1. The van der Waals surface area contributed by atoms with E-state index in [1.54, 1.807) is 13.0 Å². The lowest BCUT2D eigenvalue weighted by Gasteiger charge is -2.23. The van der Waals surface area contributed by atoms with Crippen LogP contribution in [0.15, 0.2) is 29.3 Å². The summed E-state index contributed by atoms with van der Waals surface area (Å²) in [7, 11) is 0. The Labute approximate surface area is 189 Å². The number of hydrogen-bond donors (Lipinski definition) is 1. The van der Waals surface area contributed by atoms with Crippen molar-refractivity contribution in [2.24, 2.45) is 4.99 Å². The van der Waals surface area contributed by atoms with Gasteiger partial charge in [0.15, 0.2) is 11.6 Å². The van der Waals surface area contributed by atoms with Crippen LogP contribution in [0.1, 0.15) is 80.1 Å². The number of fused-ring (bicyclic) bond motifs is 1. The number of pyridine rings is 1. The molecule has 1 unspecified atom stereocenters. The molecule has 170 valence electrons. The zero-order valence-corrected chi connectivity index (χ0v) is 19.8. The Morgan fingerprint density at radius 2 is 1.59 bits per heavy atom. The van der Waals surface area contributed by atoms with Crippen molar-refractivity contribution in [2.45, 2.75) is 73.3 Å². The molecule has 0 saturated carbocycles. The quantitative estimate of drug-likeness (QED) is 0.393. The monoisotopic (exact) mass is 438 g/mol. The molecule has 0 amide bonds. The summed E-state index contributed by atoms with van der Waals surface area (Å²) in [4.78, 5) is 9.44. The fourth-order valence-electron chi connectivity index (χ4n) is 4.31. The van der Waals surface area contributed by atoms with Crippen LogP contribution < -0.4 is 0 Å². The Hall–Kier alpha value is -2.82. The summed E-state index contributed by atoms with van der Waals surface area (Å²) in [5.74, 6) is -1.75. The summed E-state index contributed by atoms with van der Waals surface area (Å²) in [6.07, 6.45) is 2.51. The second-order valence-corrected chi connectivity index (χ2v) is 8.16. The van der Waals surface area contributed by atoms with Gasteiger partial charge in [0.1, 0.15) is 17.3 Å². The van der Waals surface area contributed by atoms with E-state index in [0.29, 0.717) is 41.5 Å². The van der Waals surface area contributed by atoms with E-state index in [1.165, 1.54) is 0 Å². The molecule has 0 aliphatic rings. The molecule has 0 aliphatic carbocycles. The van der Waals surface area contributed by atoms with Crippen LogP contribution in [-0.4, -0.2) is 15.8 Å². The van der Waals surface area contributed by atoms with Gasteiger partial charge in [-0.3, -0.25) is 4.99 Å². The van der Waals surface area contributed by atoms with Gasteiger partial charge in [-0.2, -0.15) is 0 Å². The molecule has 2 aromatic carbocycles. The van der Waals surface area contributed by atoms with Crippen LogP contribution in [0.2, 0.25) is 0 Å². The number of aryl methyl sites for hydroxylation is 1. The zero-order valence-electron chi connectivity index (χ0n) is 19.8. The summed E-state index contributed by atoms with van der Waals surface area (Å²) >= 11 is 0. The summed E-state index contributed by atoms with van der Waals surface area (Å²) in [5, 5.41) is 12.0. The number of halogens is 2. The Morgan fingerprint density at radius 1 is 0.938 bits per heavy atom. The second kappa shape index (κ2) is 9.76. The van der Waals surface area contributed by atoms with Crippen molar-refractivity contribution in [3.63, 3.8) is 0 Å². The van der Waals surface area contributed by atoms with E-state index in [1.807, 2.05) is 52.8 Å². The lowest BCUT2D eigenvalue weighted by Crippen LogP contribution is -2.13. The molecule has 0 fully saturated rings. The van der Waals surface area contributed by atoms with Gasteiger partial charge in [-0.1, -0.05) is 45.9 Å². The van der Waals surface area contributed by atoms with E-state index < -0.39 is 17.7 Å². The van der Waals surface area contributed by atoms with Gasteiger partial charge >= 0.3 is 0 Å². The maximum atomic E-state index is 15.5.